The minimum Gasteiger partial charge on any atom is -0.494 e. The summed E-state index contributed by atoms with van der Waals surface area (Å²) in [4.78, 5) is 12.6. The number of hydrogen-bond acceptors (Lipinski definition) is 3. The van der Waals surface area contributed by atoms with E-state index in [4.69, 9.17) is 9.47 Å². The summed E-state index contributed by atoms with van der Waals surface area (Å²) in [5.41, 5.74) is 1.93. The molecule has 0 heterocycles. The van der Waals surface area contributed by atoms with Gasteiger partial charge in [0.1, 0.15) is 5.75 Å². The summed E-state index contributed by atoms with van der Waals surface area (Å²) in [6.45, 7) is 5.01. The van der Waals surface area contributed by atoms with Gasteiger partial charge >= 0.3 is 12.1 Å². The zero-order valence-corrected chi connectivity index (χ0v) is 22.9. The highest BCUT2D eigenvalue weighted by Crippen LogP contribution is 2.50. The molecule has 1 aliphatic carbocycles. The van der Waals surface area contributed by atoms with Crippen molar-refractivity contribution in [2.75, 3.05) is 6.61 Å². The number of carbonyl (C=O) groups is 1. The zero-order valence-electron chi connectivity index (χ0n) is 22.9. The van der Waals surface area contributed by atoms with Gasteiger partial charge in [-0.2, -0.15) is 13.2 Å². The fourth-order valence-electron chi connectivity index (χ4n) is 5.00. The molecule has 1 fully saturated rings. The molecule has 0 spiro atoms. The van der Waals surface area contributed by atoms with Gasteiger partial charge in [-0.15, -0.1) is 0 Å². The lowest BCUT2D eigenvalue weighted by Gasteiger charge is -2.21. The standard InChI is InChI=1S/C32H43F3O3/c1-3-5-7-9-10-12-22-37-28-20-18-25(19-21-28)24-14-16-26(17-15-24)31(36)38-30(32(33,34)35)29-23-27(29)13-11-8-6-4-2/h14-21,27,29-30H,3-13,22-23H2,1-2H3/t27-,29+,30-/m1/s1. The predicted molar refractivity (Wildman–Crippen MR) is 146 cm³/mol. The maximum atomic E-state index is 13.7. The van der Waals surface area contributed by atoms with Crippen molar-refractivity contribution >= 4 is 5.97 Å². The number of hydrogen-bond donors (Lipinski definition) is 0. The number of halogens is 3. The van der Waals surface area contributed by atoms with Gasteiger partial charge in [0.2, 0.25) is 6.10 Å². The van der Waals surface area contributed by atoms with E-state index in [0.29, 0.717) is 13.0 Å². The monoisotopic (exact) mass is 532 g/mol. The first-order chi connectivity index (χ1) is 18.3. The largest absolute Gasteiger partial charge is 0.494 e. The first-order valence-corrected chi connectivity index (χ1v) is 14.4. The molecular weight excluding hydrogens is 489 g/mol. The lowest BCUT2D eigenvalue weighted by atomic mass is 10.0. The van der Waals surface area contributed by atoms with Crippen molar-refractivity contribution in [1.82, 2.24) is 0 Å². The third kappa shape index (κ3) is 9.67. The molecule has 3 rings (SSSR count). The van der Waals surface area contributed by atoms with Crippen LogP contribution in [0.15, 0.2) is 48.5 Å². The average Bonchev–Trinajstić information content (AvgIpc) is 3.68. The van der Waals surface area contributed by atoms with E-state index in [1.54, 1.807) is 12.1 Å². The van der Waals surface area contributed by atoms with Gasteiger partial charge in [0.05, 0.1) is 12.2 Å². The highest BCUT2D eigenvalue weighted by Gasteiger charge is 2.56. The summed E-state index contributed by atoms with van der Waals surface area (Å²) in [5.74, 6) is -0.744. The Bertz CT molecular complexity index is 953. The lowest BCUT2D eigenvalue weighted by molar-refractivity contribution is -0.211. The number of rotatable bonds is 17. The molecule has 0 unspecified atom stereocenters. The first-order valence-electron chi connectivity index (χ1n) is 14.4. The fraction of sp³-hybridized carbons (Fsp3) is 0.594. The second-order valence-electron chi connectivity index (χ2n) is 10.6. The molecule has 0 bridgehead atoms. The molecule has 2 aromatic carbocycles. The summed E-state index contributed by atoms with van der Waals surface area (Å²) in [6.07, 6.45) is 6.10. The maximum absolute atomic E-state index is 13.7. The molecular formula is C32H43F3O3. The van der Waals surface area contributed by atoms with Crippen molar-refractivity contribution in [2.24, 2.45) is 11.8 Å². The Labute approximate surface area is 226 Å². The average molecular weight is 533 g/mol. The van der Waals surface area contributed by atoms with Crippen molar-refractivity contribution in [3.05, 3.63) is 54.1 Å². The van der Waals surface area contributed by atoms with E-state index in [0.717, 1.165) is 55.4 Å². The Morgan fingerprint density at radius 3 is 1.97 bits per heavy atom. The van der Waals surface area contributed by atoms with Crippen molar-refractivity contribution in [3.63, 3.8) is 0 Å². The van der Waals surface area contributed by atoms with Gasteiger partial charge in [0.25, 0.3) is 0 Å². The third-order valence-corrected chi connectivity index (χ3v) is 7.43. The van der Waals surface area contributed by atoms with E-state index in [9.17, 15) is 18.0 Å². The minimum absolute atomic E-state index is 0.00796. The summed E-state index contributed by atoms with van der Waals surface area (Å²) in [7, 11) is 0. The molecule has 3 nitrogen and oxygen atoms in total. The second kappa shape index (κ2) is 15.2. The number of alkyl halides is 3. The maximum Gasteiger partial charge on any atom is 0.425 e. The Morgan fingerprint density at radius 2 is 1.37 bits per heavy atom. The van der Waals surface area contributed by atoms with Crippen LogP contribution in [0.2, 0.25) is 0 Å². The van der Waals surface area contributed by atoms with Crippen LogP contribution in [0.4, 0.5) is 13.2 Å². The minimum atomic E-state index is -4.56. The number of unbranched alkanes of at least 4 members (excludes halogenated alkanes) is 8. The zero-order chi connectivity index (χ0) is 27.4. The van der Waals surface area contributed by atoms with Crippen LogP contribution >= 0.6 is 0 Å². The molecule has 6 heteroatoms. The number of ether oxygens (including phenoxy) is 2. The highest BCUT2D eigenvalue weighted by atomic mass is 19.4. The number of esters is 1. The molecule has 2 aromatic rings. The fourth-order valence-corrected chi connectivity index (χ4v) is 5.00. The molecule has 210 valence electrons. The smallest absolute Gasteiger partial charge is 0.425 e. The Hall–Kier alpha value is -2.50. The van der Waals surface area contributed by atoms with E-state index >= 15 is 0 Å². The van der Waals surface area contributed by atoms with Gasteiger partial charge in [-0.05, 0) is 54.2 Å². The van der Waals surface area contributed by atoms with Crippen LogP contribution in [0, 0.1) is 11.8 Å². The number of carbonyl (C=O) groups excluding carboxylic acids is 1. The van der Waals surface area contributed by atoms with Crippen molar-refractivity contribution in [3.8, 4) is 16.9 Å². The molecule has 0 aliphatic heterocycles. The summed E-state index contributed by atoms with van der Waals surface area (Å²) in [6, 6.07) is 14.2. The van der Waals surface area contributed by atoms with Crippen LogP contribution in [-0.4, -0.2) is 24.9 Å². The second-order valence-corrected chi connectivity index (χ2v) is 10.6. The van der Waals surface area contributed by atoms with Gasteiger partial charge in [0, 0.05) is 5.92 Å². The molecule has 1 saturated carbocycles. The van der Waals surface area contributed by atoms with Crippen molar-refractivity contribution < 1.29 is 27.4 Å². The van der Waals surface area contributed by atoms with E-state index in [-0.39, 0.29) is 11.5 Å². The van der Waals surface area contributed by atoms with Crippen LogP contribution in [-0.2, 0) is 4.74 Å². The van der Waals surface area contributed by atoms with Gasteiger partial charge in [0.15, 0.2) is 0 Å². The molecule has 38 heavy (non-hydrogen) atoms. The van der Waals surface area contributed by atoms with Gasteiger partial charge in [-0.25, -0.2) is 4.79 Å². The van der Waals surface area contributed by atoms with Crippen LogP contribution in [0.25, 0.3) is 11.1 Å². The summed E-state index contributed by atoms with van der Waals surface area (Å²) >= 11 is 0. The molecule has 3 atom stereocenters. The summed E-state index contributed by atoms with van der Waals surface area (Å²) < 4.78 is 52.0. The van der Waals surface area contributed by atoms with Crippen molar-refractivity contribution in [2.45, 2.75) is 103 Å². The van der Waals surface area contributed by atoms with E-state index in [2.05, 4.69) is 13.8 Å². The Kier molecular flexibility index (Phi) is 12.0. The SMILES string of the molecule is CCCCCCCCOc1ccc(-c2ccc(C(=O)O[C@H]([C@H]3C[C@H]3CCCCCC)C(F)(F)F)cc2)cc1. The lowest BCUT2D eigenvalue weighted by Crippen LogP contribution is -2.36. The quantitative estimate of drug-likeness (QED) is 0.150. The molecule has 1 aliphatic rings. The van der Waals surface area contributed by atoms with Crippen molar-refractivity contribution in [1.29, 1.82) is 0 Å². The number of benzene rings is 2. The summed E-state index contributed by atoms with van der Waals surface area (Å²) in [5, 5.41) is 0. The normalized spacial score (nSPS) is 17.7. The third-order valence-electron chi connectivity index (χ3n) is 7.43. The topological polar surface area (TPSA) is 35.5 Å². The van der Waals surface area contributed by atoms with E-state index < -0.39 is 24.2 Å². The van der Waals surface area contributed by atoms with E-state index in [1.807, 2.05) is 24.3 Å². The van der Waals surface area contributed by atoms with E-state index in [1.165, 1.54) is 44.2 Å². The van der Waals surface area contributed by atoms with Crippen LogP contribution in [0.1, 0.15) is 101 Å². The predicted octanol–water partition coefficient (Wildman–Crippen LogP) is 9.79. The van der Waals surface area contributed by atoms with Crippen LogP contribution in [0.3, 0.4) is 0 Å². The van der Waals surface area contributed by atoms with Crippen LogP contribution < -0.4 is 4.74 Å². The Morgan fingerprint density at radius 1 is 0.816 bits per heavy atom. The first kappa shape index (κ1) is 30.0. The molecule has 0 radical (unpaired) electrons. The van der Waals surface area contributed by atoms with Crippen LogP contribution in [0.5, 0.6) is 5.75 Å². The van der Waals surface area contributed by atoms with Gasteiger partial charge < -0.3 is 9.47 Å². The molecule has 0 N–H and O–H groups in total. The van der Waals surface area contributed by atoms with Gasteiger partial charge in [-0.3, -0.25) is 0 Å². The molecule has 0 aromatic heterocycles. The Balaban J connectivity index is 1.49. The molecule has 0 saturated heterocycles. The molecule has 0 amide bonds. The van der Waals surface area contributed by atoms with Gasteiger partial charge in [-0.1, -0.05) is 102 Å². The highest BCUT2D eigenvalue weighted by molar-refractivity contribution is 5.90.